The summed E-state index contributed by atoms with van der Waals surface area (Å²) in [5.74, 6) is 0. The summed E-state index contributed by atoms with van der Waals surface area (Å²) in [7, 11) is 0. The number of hydrogen-bond acceptors (Lipinski definition) is 0. The van der Waals surface area contributed by atoms with Gasteiger partial charge in [0, 0.05) is 0 Å². The van der Waals surface area contributed by atoms with Gasteiger partial charge in [0.05, 0.1) is 0 Å². The monoisotopic (exact) mass is 154 g/mol. The molecule has 66 valence electrons. The molecule has 0 atom stereocenters. The summed E-state index contributed by atoms with van der Waals surface area (Å²) >= 11 is 0. The van der Waals surface area contributed by atoms with Crippen LogP contribution in [0.15, 0.2) is 25.3 Å². The van der Waals surface area contributed by atoms with E-state index < -0.39 is 0 Å². The maximum absolute atomic E-state index is 3.48. The first kappa shape index (κ1) is 13.1. The van der Waals surface area contributed by atoms with Crippen LogP contribution < -0.4 is 0 Å². The van der Waals surface area contributed by atoms with Crippen LogP contribution in [0, 0.1) is 0 Å². The quantitative estimate of drug-likeness (QED) is 0.408. The van der Waals surface area contributed by atoms with E-state index >= 15 is 0 Å². The van der Waals surface area contributed by atoms with Gasteiger partial charge in [0.2, 0.25) is 0 Å². The van der Waals surface area contributed by atoms with Crippen molar-refractivity contribution < 1.29 is 0 Å². The Hall–Kier alpha value is -0.520. The molecule has 11 heavy (non-hydrogen) atoms. The van der Waals surface area contributed by atoms with Crippen LogP contribution in [0.4, 0.5) is 0 Å². The summed E-state index contributed by atoms with van der Waals surface area (Å²) < 4.78 is 0. The summed E-state index contributed by atoms with van der Waals surface area (Å²) in [6, 6.07) is 0. The van der Waals surface area contributed by atoms with Crippen molar-refractivity contribution in [1.82, 2.24) is 0 Å². The van der Waals surface area contributed by atoms with Gasteiger partial charge in [-0.3, -0.25) is 0 Å². The molecule has 0 saturated carbocycles. The summed E-state index contributed by atoms with van der Waals surface area (Å²) in [4.78, 5) is 0. The summed E-state index contributed by atoms with van der Waals surface area (Å²) in [5, 5.41) is 0. The summed E-state index contributed by atoms with van der Waals surface area (Å²) in [5.41, 5.74) is 0. The minimum Gasteiger partial charge on any atom is -0.103 e. The second kappa shape index (κ2) is 16.2. The normalized spacial score (nSPS) is 7.82. The smallest absolute Gasteiger partial charge is 0.0175 e. The Labute approximate surface area is 72.0 Å². The van der Waals surface area contributed by atoms with E-state index in [1.165, 1.54) is 25.7 Å². The molecule has 0 aromatic carbocycles. The third-order valence-corrected chi connectivity index (χ3v) is 1.29. The molecule has 0 fully saturated rings. The molecule has 0 aliphatic heterocycles. The van der Waals surface area contributed by atoms with Gasteiger partial charge in [-0.2, -0.15) is 0 Å². The lowest BCUT2D eigenvalue weighted by Crippen LogP contribution is -1.66. The zero-order chi connectivity index (χ0) is 8.95. The summed E-state index contributed by atoms with van der Waals surface area (Å²) in [6.45, 7) is 11.4. The fraction of sp³-hybridized carbons (Fsp3) is 0.636. The Bertz CT molecular complexity index is 62.1. The van der Waals surface area contributed by atoms with Crippen LogP contribution in [0.2, 0.25) is 0 Å². The Balaban J connectivity index is 0. The van der Waals surface area contributed by atoms with Gasteiger partial charge in [-0.1, -0.05) is 51.7 Å². The van der Waals surface area contributed by atoms with Crippen molar-refractivity contribution >= 4 is 0 Å². The molecule has 0 saturated heterocycles. The van der Waals surface area contributed by atoms with E-state index in [1.54, 1.807) is 0 Å². The van der Waals surface area contributed by atoms with Gasteiger partial charge in [-0.15, -0.1) is 13.2 Å². The maximum Gasteiger partial charge on any atom is -0.0175 e. The molecular formula is C11H22. The largest absolute Gasteiger partial charge is 0.103 e. The molecule has 0 rings (SSSR count). The lowest BCUT2D eigenvalue weighted by atomic mass is 10.2. The molecule has 0 aromatic heterocycles. The molecule has 0 amide bonds. The number of rotatable bonds is 5. The average molecular weight is 154 g/mol. The van der Waals surface area contributed by atoms with Crippen LogP contribution in [0.1, 0.15) is 46.0 Å². The van der Waals surface area contributed by atoms with Crippen molar-refractivity contribution in [2.45, 2.75) is 46.0 Å². The van der Waals surface area contributed by atoms with Crippen LogP contribution in [-0.4, -0.2) is 0 Å². The molecule has 0 N–H and O–H groups in total. The highest BCUT2D eigenvalue weighted by molar-refractivity contribution is 4.79. The standard InChI is InChI=1S/C6H14.C5H8/c1-3-5-6-4-2;1-3-5-4-2/h3-6H2,1-2H3;3-4H,1-2,5H2. The molecule has 0 unspecified atom stereocenters. The zero-order valence-corrected chi connectivity index (χ0v) is 8.10. The van der Waals surface area contributed by atoms with Gasteiger partial charge in [0.1, 0.15) is 0 Å². The van der Waals surface area contributed by atoms with Crippen LogP contribution in [0.3, 0.4) is 0 Å². The molecule has 0 heteroatoms. The van der Waals surface area contributed by atoms with E-state index in [-0.39, 0.29) is 0 Å². The topological polar surface area (TPSA) is 0 Å². The highest BCUT2D eigenvalue weighted by Crippen LogP contribution is 1.95. The van der Waals surface area contributed by atoms with Crippen LogP contribution in [0.25, 0.3) is 0 Å². The van der Waals surface area contributed by atoms with Gasteiger partial charge in [-0.25, -0.2) is 0 Å². The van der Waals surface area contributed by atoms with Crippen molar-refractivity contribution in [3.63, 3.8) is 0 Å². The van der Waals surface area contributed by atoms with Crippen LogP contribution in [-0.2, 0) is 0 Å². The minimum atomic E-state index is 0.917. The molecule has 0 aliphatic rings. The van der Waals surface area contributed by atoms with Crippen molar-refractivity contribution in [2.75, 3.05) is 0 Å². The van der Waals surface area contributed by atoms with Crippen LogP contribution in [0.5, 0.6) is 0 Å². The van der Waals surface area contributed by atoms with E-state index in [0.29, 0.717) is 0 Å². The van der Waals surface area contributed by atoms with Gasteiger partial charge >= 0.3 is 0 Å². The van der Waals surface area contributed by atoms with Gasteiger partial charge in [0.15, 0.2) is 0 Å². The lowest BCUT2D eigenvalue weighted by Gasteiger charge is -1.86. The Morgan fingerprint density at radius 3 is 1.36 bits per heavy atom. The fourth-order valence-electron chi connectivity index (χ4n) is 0.618. The van der Waals surface area contributed by atoms with Gasteiger partial charge in [0.25, 0.3) is 0 Å². The SMILES string of the molecule is C=CCC=C.CCCCCC. The van der Waals surface area contributed by atoms with Crippen molar-refractivity contribution in [1.29, 1.82) is 0 Å². The molecule has 0 heterocycles. The minimum absolute atomic E-state index is 0.917. The van der Waals surface area contributed by atoms with Gasteiger partial charge < -0.3 is 0 Å². The highest BCUT2D eigenvalue weighted by Gasteiger charge is 1.75. The molecule has 0 radical (unpaired) electrons. The maximum atomic E-state index is 3.48. The molecule has 0 nitrogen and oxygen atoms in total. The zero-order valence-electron chi connectivity index (χ0n) is 8.10. The number of hydrogen-bond donors (Lipinski definition) is 0. The van der Waals surface area contributed by atoms with E-state index in [1.807, 2.05) is 12.2 Å². The van der Waals surface area contributed by atoms with E-state index in [2.05, 4.69) is 27.0 Å². The first-order chi connectivity index (χ1) is 5.33. The van der Waals surface area contributed by atoms with E-state index in [4.69, 9.17) is 0 Å². The van der Waals surface area contributed by atoms with Crippen molar-refractivity contribution in [3.05, 3.63) is 25.3 Å². The first-order valence-electron chi connectivity index (χ1n) is 4.55. The Morgan fingerprint density at radius 1 is 0.909 bits per heavy atom. The lowest BCUT2D eigenvalue weighted by molar-refractivity contribution is 0.702. The average Bonchev–Trinajstić information content (AvgIpc) is 2.04. The van der Waals surface area contributed by atoms with Crippen molar-refractivity contribution in [2.24, 2.45) is 0 Å². The predicted molar refractivity (Wildman–Crippen MR) is 54.8 cm³/mol. The molecule has 0 aromatic rings. The molecule has 0 bridgehead atoms. The number of allylic oxidation sites excluding steroid dienone is 2. The fourth-order valence-corrected chi connectivity index (χ4v) is 0.618. The highest BCUT2D eigenvalue weighted by atomic mass is 13.8. The first-order valence-corrected chi connectivity index (χ1v) is 4.55. The second-order valence-corrected chi connectivity index (χ2v) is 2.52. The Morgan fingerprint density at radius 2 is 1.27 bits per heavy atom. The predicted octanol–water partition coefficient (Wildman–Crippen LogP) is 4.34. The van der Waals surface area contributed by atoms with E-state index in [9.17, 15) is 0 Å². The van der Waals surface area contributed by atoms with Gasteiger partial charge in [-0.05, 0) is 6.42 Å². The Kier molecular flexibility index (Phi) is 19.3. The van der Waals surface area contributed by atoms with Crippen molar-refractivity contribution in [3.8, 4) is 0 Å². The third-order valence-electron chi connectivity index (χ3n) is 1.29. The molecule has 0 aliphatic carbocycles. The van der Waals surface area contributed by atoms with E-state index in [0.717, 1.165) is 6.42 Å². The van der Waals surface area contributed by atoms with Crippen LogP contribution >= 0.6 is 0 Å². The summed E-state index contributed by atoms with van der Waals surface area (Å²) in [6.07, 6.45) is 10.1. The third kappa shape index (κ3) is 26.4. The second-order valence-electron chi connectivity index (χ2n) is 2.52. The molecular weight excluding hydrogens is 132 g/mol. The number of unbranched alkanes of at least 4 members (excludes halogenated alkanes) is 3. The molecule has 0 spiro atoms.